The topological polar surface area (TPSA) is 50.4 Å². The molecule has 4 heteroatoms. The second-order valence-corrected chi connectivity index (χ2v) is 7.72. The highest BCUT2D eigenvalue weighted by atomic mass is 16.5. The van der Waals surface area contributed by atoms with Gasteiger partial charge in [-0.05, 0) is 43.2 Å². The number of carbonyl (C=O) groups is 1. The monoisotopic (exact) mass is 366 g/mol. The van der Waals surface area contributed by atoms with Crippen LogP contribution in [0.4, 0.5) is 0 Å². The molecule has 4 nitrogen and oxygen atoms in total. The summed E-state index contributed by atoms with van der Waals surface area (Å²) in [7, 11) is 0. The van der Waals surface area contributed by atoms with E-state index in [0.29, 0.717) is 6.61 Å². The zero-order valence-corrected chi connectivity index (χ0v) is 16.6. The van der Waals surface area contributed by atoms with Crippen LogP contribution in [0.25, 0.3) is 16.8 Å². The van der Waals surface area contributed by atoms with Gasteiger partial charge in [-0.2, -0.15) is 0 Å². The largest absolute Gasteiger partial charge is 0.493 e. The van der Waals surface area contributed by atoms with Crippen molar-refractivity contribution >= 4 is 22.8 Å². The average molecular weight is 367 g/mol. The van der Waals surface area contributed by atoms with E-state index < -0.39 is 5.41 Å². The highest BCUT2D eigenvalue weighted by Gasteiger charge is 2.38. The zero-order chi connectivity index (χ0) is 19.3. The summed E-state index contributed by atoms with van der Waals surface area (Å²) in [6, 6.07) is 12.4. The van der Waals surface area contributed by atoms with Crippen LogP contribution in [0.3, 0.4) is 0 Å². The Morgan fingerprint density at radius 1 is 1.00 bits per heavy atom. The van der Waals surface area contributed by atoms with Gasteiger partial charge in [0.15, 0.2) is 0 Å². The molecule has 1 aliphatic rings. The van der Waals surface area contributed by atoms with Crippen molar-refractivity contribution < 1.29 is 9.53 Å². The summed E-state index contributed by atoms with van der Waals surface area (Å²) in [4.78, 5) is 12.1. The smallest absolute Gasteiger partial charge is 0.249 e. The molecule has 0 atom stereocenters. The van der Waals surface area contributed by atoms with Gasteiger partial charge in [0.2, 0.25) is 5.91 Å². The minimum atomic E-state index is -0.589. The second-order valence-electron chi connectivity index (χ2n) is 7.72. The van der Waals surface area contributed by atoms with Crippen molar-refractivity contribution in [2.75, 3.05) is 6.61 Å². The number of nitrogens with one attached hydrogen (secondary N) is 2. The third-order valence-corrected chi connectivity index (χ3v) is 5.28. The van der Waals surface area contributed by atoms with E-state index in [2.05, 4.69) is 36.0 Å². The first kappa shape index (κ1) is 19.3. The molecule has 2 aromatic carbocycles. The Morgan fingerprint density at radius 3 is 2.52 bits per heavy atom. The molecule has 1 saturated heterocycles. The molecule has 0 bridgehead atoms. The van der Waals surface area contributed by atoms with E-state index in [1.54, 1.807) is 0 Å². The number of hydrazine groups is 1. The minimum Gasteiger partial charge on any atom is -0.493 e. The number of carbonyl (C=O) groups excluding carboxylic acids is 1. The van der Waals surface area contributed by atoms with E-state index >= 15 is 0 Å². The van der Waals surface area contributed by atoms with E-state index in [1.165, 1.54) is 25.7 Å². The number of rotatable bonds is 8. The lowest BCUT2D eigenvalue weighted by Crippen LogP contribution is -2.28. The molecule has 2 N–H and O–H groups in total. The molecule has 3 rings (SSSR count). The Morgan fingerprint density at radius 2 is 1.78 bits per heavy atom. The Bertz CT molecular complexity index is 839. The van der Waals surface area contributed by atoms with Crippen LogP contribution in [-0.2, 0) is 4.79 Å². The van der Waals surface area contributed by atoms with Crippen molar-refractivity contribution in [3.05, 3.63) is 47.7 Å². The SMILES string of the molecule is CCCCCCCOc1ccc2ccccc2c1/C=C1\NNC(=O)C1(C)C. The van der Waals surface area contributed by atoms with Gasteiger partial charge in [-0.1, -0.05) is 62.9 Å². The average Bonchev–Trinajstić information content (AvgIpc) is 2.92. The van der Waals surface area contributed by atoms with Crippen LogP contribution in [-0.4, -0.2) is 12.5 Å². The quantitative estimate of drug-likeness (QED) is 0.632. The summed E-state index contributed by atoms with van der Waals surface area (Å²) in [5.41, 5.74) is 7.05. The number of unbranched alkanes of at least 4 members (excludes halogenated alkanes) is 4. The van der Waals surface area contributed by atoms with E-state index in [4.69, 9.17) is 4.74 Å². The molecule has 0 unspecified atom stereocenters. The number of fused-ring (bicyclic) bond motifs is 1. The molecule has 0 aromatic heterocycles. The third-order valence-electron chi connectivity index (χ3n) is 5.28. The molecule has 144 valence electrons. The van der Waals surface area contributed by atoms with Crippen LogP contribution >= 0.6 is 0 Å². The second kappa shape index (κ2) is 8.47. The number of hydrogen-bond donors (Lipinski definition) is 2. The van der Waals surface area contributed by atoms with Crippen LogP contribution in [0.15, 0.2) is 42.1 Å². The first-order valence-corrected chi connectivity index (χ1v) is 9.97. The van der Waals surface area contributed by atoms with Crippen LogP contribution in [0.2, 0.25) is 0 Å². The van der Waals surface area contributed by atoms with Crippen LogP contribution in [0.5, 0.6) is 5.75 Å². The fourth-order valence-corrected chi connectivity index (χ4v) is 3.36. The summed E-state index contributed by atoms with van der Waals surface area (Å²) < 4.78 is 6.15. The summed E-state index contributed by atoms with van der Waals surface area (Å²) in [5, 5.41) is 2.29. The van der Waals surface area contributed by atoms with E-state index in [9.17, 15) is 4.79 Å². The lowest BCUT2D eigenvalue weighted by molar-refractivity contribution is -0.125. The number of ether oxygens (including phenoxy) is 1. The zero-order valence-electron chi connectivity index (χ0n) is 16.6. The number of amides is 1. The first-order valence-electron chi connectivity index (χ1n) is 9.97. The Labute approximate surface area is 162 Å². The van der Waals surface area contributed by atoms with E-state index in [-0.39, 0.29) is 5.91 Å². The lowest BCUT2D eigenvalue weighted by Gasteiger charge is -2.17. The minimum absolute atomic E-state index is 0.0209. The maximum Gasteiger partial charge on any atom is 0.249 e. The molecule has 0 radical (unpaired) electrons. The predicted octanol–water partition coefficient (Wildman–Crippen LogP) is 5.19. The van der Waals surface area contributed by atoms with Gasteiger partial charge in [0.05, 0.1) is 12.0 Å². The molecule has 0 saturated carbocycles. The molecule has 0 spiro atoms. The fourth-order valence-electron chi connectivity index (χ4n) is 3.36. The maximum absolute atomic E-state index is 12.1. The highest BCUT2D eigenvalue weighted by molar-refractivity contribution is 5.95. The van der Waals surface area contributed by atoms with Crippen molar-refractivity contribution in [2.24, 2.45) is 5.41 Å². The van der Waals surface area contributed by atoms with E-state index in [0.717, 1.165) is 34.2 Å². The van der Waals surface area contributed by atoms with Gasteiger partial charge in [-0.15, -0.1) is 0 Å². The van der Waals surface area contributed by atoms with Gasteiger partial charge in [-0.3, -0.25) is 10.2 Å². The van der Waals surface area contributed by atoms with Gasteiger partial charge in [-0.25, -0.2) is 0 Å². The summed E-state index contributed by atoms with van der Waals surface area (Å²) in [6.07, 6.45) is 8.11. The molecule has 1 amide bonds. The lowest BCUT2D eigenvalue weighted by atomic mass is 9.88. The van der Waals surface area contributed by atoms with Gasteiger partial charge in [0.25, 0.3) is 0 Å². The van der Waals surface area contributed by atoms with E-state index in [1.807, 2.05) is 38.1 Å². The van der Waals surface area contributed by atoms with Crippen molar-refractivity contribution in [3.63, 3.8) is 0 Å². The number of hydrogen-bond acceptors (Lipinski definition) is 3. The molecule has 1 fully saturated rings. The van der Waals surface area contributed by atoms with Crippen molar-refractivity contribution in [2.45, 2.75) is 52.9 Å². The Hall–Kier alpha value is -2.49. The van der Waals surface area contributed by atoms with Crippen molar-refractivity contribution in [1.29, 1.82) is 0 Å². The van der Waals surface area contributed by atoms with Gasteiger partial charge in [0.1, 0.15) is 5.75 Å². The van der Waals surface area contributed by atoms with Gasteiger partial charge >= 0.3 is 0 Å². The predicted molar refractivity (Wildman–Crippen MR) is 111 cm³/mol. The van der Waals surface area contributed by atoms with Gasteiger partial charge in [0, 0.05) is 11.3 Å². The van der Waals surface area contributed by atoms with Crippen molar-refractivity contribution in [3.8, 4) is 5.75 Å². The Balaban J connectivity index is 1.88. The molecular formula is C23H30N2O2. The van der Waals surface area contributed by atoms with Crippen LogP contribution < -0.4 is 15.6 Å². The summed E-state index contributed by atoms with van der Waals surface area (Å²) in [5.74, 6) is 0.848. The summed E-state index contributed by atoms with van der Waals surface area (Å²) >= 11 is 0. The van der Waals surface area contributed by atoms with Gasteiger partial charge < -0.3 is 10.2 Å². The normalized spacial score (nSPS) is 17.1. The first-order chi connectivity index (χ1) is 13.0. The molecule has 27 heavy (non-hydrogen) atoms. The molecule has 0 aliphatic carbocycles. The number of benzene rings is 2. The molecular weight excluding hydrogens is 336 g/mol. The molecule has 1 heterocycles. The Kier molecular flexibility index (Phi) is 6.04. The fraction of sp³-hybridized carbons (Fsp3) is 0.435. The van der Waals surface area contributed by atoms with Crippen LogP contribution in [0, 0.1) is 5.41 Å². The maximum atomic E-state index is 12.1. The standard InChI is InChI=1S/C23H30N2O2/c1-4-5-6-7-10-15-27-20-14-13-17-11-8-9-12-18(17)19(20)16-21-23(2,3)22(26)25-24-21/h8-9,11-14,16,24H,4-7,10,15H2,1-3H3,(H,25,26)/b21-16-. The third kappa shape index (κ3) is 4.26. The van der Waals surface area contributed by atoms with Crippen molar-refractivity contribution in [1.82, 2.24) is 10.9 Å². The molecule has 2 aromatic rings. The highest BCUT2D eigenvalue weighted by Crippen LogP contribution is 2.35. The van der Waals surface area contributed by atoms with Crippen LogP contribution in [0.1, 0.15) is 58.4 Å². The molecule has 1 aliphatic heterocycles. The summed E-state index contributed by atoms with van der Waals surface area (Å²) in [6.45, 7) is 6.79.